The number of phenolic OH excluding ortho intramolecular Hbond substituents is 1. The van der Waals surface area contributed by atoms with Crippen LogP contribution in [0.5, 0.6) is 23.0 Å². The number of halogens is 1. The average molecular weight is 496 g/mol. The lowest BCUT2D eigenvalue weighted by molar-refractivity contribution is 0.340. The molecule has 7 nitrogen and oxygen atoms in total. The fourth-order valence-electron chi connectivity index (χ4n) is 3.29. The van der Waals surface area contributed by atoms with Crippen LogP contribution in [0.3, 0.4) is 0 Å². The third-order valence-corrected chi connectivity index (χ3v) is 6.10. The SMILES string of the molecule is COc1ccccc1-c1csc(=Nc2ccccc2Cl)n1N=Cc1cc(OC)c(O)c(OC)c1. The van der Waals surface area contributed by atoms with Gasteiger partial charge in [0, 0.05) is 16.5 Å². The Balaban J connectivity index is 1.90. The molecule has 3 aromatic carbocycles. The third kappa shape index (κ3) is 4.78. The number of aromatic hydroxyl groups is 1. The van der Waals surface area contributed by atoms with Crippen molar-refractivity contribution in [2.45, 2.75) is 0 Å². The van der Waals surface area contributed by atoms with Gasteiger partial charge in [0.1, 0.15) is 5.75 Å². The summed E-state index contributed by atoms with van der Waals surface area (Å²) in [6.45, 7) is 0. The van der Waals surface area contributed by atoms with Gasteiger partial charge in [0.25, 0.3) is 0 Å². The van der Waals surface area contributed by atoms with Gasteiger partial charge in [0.2, 0.25) is 10.6 Å². The molecule has 0 fully saturated rings. The lowest BCUT2D eigenvalue weighted by Crippen LogP contribution is -2.12. The van der Waals surface area contributed by atoms with Crippen LogP contribution in [0.1, 0.15) is 5.56 Å². The van der Waals surface area contributed by atoms with E-state index < -0.39 is 0 Å². The highest BCUT2D eigenvalue weighted by Gasteiger charge is 2.14. The summed E-state index contributed by atoms with van der Waals surface area (Å²) in [7, 11) is 4.58. The molecule has 174 valence electrons. The highest BCUT2D eigenvalue weighted by atomic mass is 35.5. The molecule has 4 rings (SSSR count). The van der Waals surface area contributed by atoms with Gasteiger partial charge in [-0.15, -0.1) is 11.3 Å². The number of ether oxygens (including phenoxy) is 3. The van der Waals surface area contributed by atoms with Crippen molar-refractivity contribution in [2.24, 2.45) is 10.1 Å². The Morgan fingerprint density at radius 1 is 0.912 bits per heavy atom. The molecule has 0 saturated heterocycles. The van der Waals surface area contributed by atoms with E-state index in [2.05, 4.69) is 0 Å². The van der Waals surface area contributed by atoms with E-state index in [0.717, 1.165) is 11.3 Å². The van der Waals surface area contributed by atoms with Crippen LogP contribution in [0.15, 0.2) is 76.1 Å². The monoisotopic (exact) mass is 495 g/mol. The summed E-state index contributed by atoms with van der Waals surface area (Å²) in [6, 6.07) is 18.4. The first-order valence-corrected chi connectivity index (χ1v) is 11.4. The summed E-state index contributed by atoms with van der Waals surface area (Å²) in [5.74, 6) is 1.19. The van der Waals surface area contributed by atoms with Crippen molar-refractivity contribution in [2.75, 3.05) is 21.3 Å². The normalized spacial score (nSPS) is 11.7. The van der Waals surface area contributed by atoms with Crippen LogP contribution in [0.25, 0.3) is 11.3 Å². The zero-order valence-electron chi connectivity index (χ0n) is 18.7. The third-order valence-electron chi connectivity index (χ3n) is 4.96. The fourth-order valence-corrected chi connectivity index (χ4v) is 4.31. The Bertz CT molecular complexity index is 1390. The van der Waals surface area contributed by atoms with Crippen molar-refractivity contribution in [1.29, 1.82) is 0 Å². The molecule has 0 spiro atoms. The van der Waals surface area contributed by atoms with Gasteiger partial charge in [0.15, 0.2) is 11.5 Å². The van der Waals surface area contributed by atoms with Gasteiger partial charge in [0.05, 0.1) is 43.9 Å². The van der Waals surface area contributed by atoms with E-state index in [4.69, 9.17) is 35.9 Å². The predicted molar refractivity (Wildman–Crippen MR) is 135 cm³/mol. The van der Waals surface area contributed by atoms with Crippen LogP contribution >= 0.6 is 22.9 Å². The Kier molecular flexibility index (Phi) is 7.20. The molecular formula is C25H22ClN3O4S. The molecule has 1 aromatic heterocycles. The molecule has 1 heterocycles. The van der Waals surface area contributed by atoms with E-state index in [1.165, 1.54) is 25.6 Å². The summed E-state index contributed by atoms with van der Waals surface area (Å²) in [4.78, 5) is 5.36. The number of hydrogen-bond donors (Lipinski definition) is 1. The molecule has 4 aromatic rings. The Morgan fingerprint density at radius 2 is 1.56 bits per heavy atom. The van der Waals surface area contributed by atoms with Crippen LogP contribution in [0, 0.1) is 0 Å². The molecule has 0 aliphatic rings. The predicted octanol–water partition coefficient (Wildman–Crippen LogP) is 5.72. The topological polar surface area (TPSA) is 77.6 Å². The minimum Gasteiger partial charge on any atom is -0.502 e. The van der Waals surface area contributed by atoms with Crippen LogP contribution in [0.2, 0.25) is 5.02 Å². The summed E-state index contributed by atoms with van der Waals surface area (Å²) in [5, 5.41) is 17.4. The summed E-state index contributed by atoms with van der Waals surface area (Å²) in [5.41, 5.74) is 2.96. The van der Waals surface area contributed by atoms with Gasteiger partial charge in [-0.25, -0.2) is 9.67 Å². The van der Waals surface area contributed by atoms with Crippen molar-refractivity contribution in [1.82, 2.24) is 4.68 Å². The minimum absolute atomic E-state index is 0.0746. The van der Waals surface area contributed by atoms with E-state index in [0.29, 0.717) is 26.8 Å². The van der Waals surface area contributed by atoms with E-state index in [1.807, 2.05) is 47.8 Å². The van der Waals surface area contributed by atoms with Crippen LogP contribution in [0.4, 0.5) is 5.69 Å². The number of phenols is 1. The molecule has 0 aliphatic heterocycles. The van der Waals surface area contributed by atoms with E-state index in [-0.39, 0.29) is 17.2 Å². The zero-order valence-corrected chi connectivity index (χ0v) is 20.3. The van der Waals surface area contributed by atoms with E-state index in [9.17, 15) is 5.11 Å². The smallest absolute Gasteiger partial charge is 0.211 e. The molecule has 1 N–H and O–H groups in total. The number of rotatable bonds is 7. The van der Waals surface area contributed by atoms with Crippen LogP contribution in [-0.2, 0) is 0 Å². The number of para-hydroxylation sites is 2. The standard InChI is InChI=1S/C25H22ClN3O4S/c1-31-21-11-7-4-8-17(21)20-15-34-25(28-19-10-6-5-9-18(19)26)29(20)27-14-16-12-22(32-2)24(30)23(13-16)33-3/h4-15,30H,1-3H3. The Hall–Kier alpha value is -3.75. The van der Waals surface area contributed by atoms with Crippen LogP contribution < -0.4 is 19.0 Å². The largest absolute Gasteiger partial charge is 0.502 e. The number of aromatic nitrogens is 1. The number of thiazole rings is 1. The van der Waals surface area contributed by atoms with Gasteiger partial charge < -0.3 is 19.3 Å². The van der Waals surface area contributed by atoms with Gasteiger partial charge in [-0.2, -0.15) is 5.10 Å². The van der Waals surface area contributed by atoms with Crippen molar-refractivity contribution >= 4 is 34.8 Å². The summed E-state index contributed by atoms with van der Waals surface area (Å²) >= 11 is 7.77. The highest BCUT2D eigenvalue weighted by Crippen LogP contribution is 2.37. The lowest BCUT2D eigenvalue weighted by atomic mass is 10.1. The second-order valence-corrected chi connectivity index (χ2v) is 8.24. The van der Waals surface area contributed by atoms with Gasteiger partial charge in [-0.1, -0.05) is 35.9 Å². The number of benzene rings is 3. The van der Waals surface area contributed by atoms with Crippen LogP contribution in [-0.4, -0.2) is 37.3 Å². The first-order chi connectivity index (χ1) is 16.5. The van der Waals surface area contributed by atoms with Gasteiger partial charge in [-0.3, -0.25) is 0 Å². The maximum Gasteiger partial charge on any atom is 0.211 e. The average Bonchev–Trinajstić information content (AvgIpc) is 3.26. The maximum absolute atomic E-state index is 10.2. The number of nitrogens with zero attached hydrogens (tertiary/aromatic N) is 3. The highest BCUT2D eigenvalue weighted by molar-refractivity contribution is 7.07. The maximum atomic E-state index is 10.2. The summed E-state index contributed by atoms with van der Waals surface area (Å²) in [6.07, 6.45) is 1.64. The minimum atomic E-state index is -0.0746. The molecule has 0 unspecified atom stereocenters. The second-order valence-electron chi connectivity index (χ2n) is 7.00. The fraction of sp³-hybridized carbons (Fsp3) is 0.120. The second kappa shape index (κ2) is 10.5. The number of methoxy groups -OCH3 is 3. The molecule has 0 amide bonds. The molecule has 0 saturated carbocycles. The first kappa shape index (κ1) is 23.4. The Morgan fingerprint density at radius 3 is 2.24 bits per heavy atom. The van der Waals surface area contributed by atoms with E-state index in [1.54, 1.807) is 36.2 Å². The lowest BCUT2D eigenvalue weighted by Gasteiger charge is -2.10. The first-order valence-electron chi connectivity index (χ1n) is 10.2. The molecule has 34 heavy (non-hydrogen) atoms. The zero-order chi connectivity index (χ0) is 24.1. The van der Waals surface area contributed by atoms with Gasteiger partial charge in [-0.05, 0) is 36.4 Å². The molecule has 0 radical (unpaired) electrons. The molecule has 9 heteroatoms. The van der Waals surface area contributed by atoms with Crippen molar-refractivity contribution in [3.05, 3.63) is 81.4 Å². The molecule has 0 bridgehead atoms. The Labute approximate surface area is 205 Å². The molecule has 0 atom stereocenters. The van der Waals surface area contributed by atoms with Gasteiger partial charge >= 0.3 is 0 Å². The summed E-state index contributed by atoms with van der Waals surface area (Å²) < 4.78 is 17.8. The van der Waals surface area contributed by atoms with Crippen molar-refractivity contribution < 1.29 is 19.3 Å². The van der Waals surface area contributed by atoms with E-state index >= 15 is 0 Å². The quantitative estimate of drug-likeness (QED) is 0.333. The molecule has 0 aliphatic carbocycles. The number of hydrogen-bond acceptors (Lipinski definition) is 7. The van der Waals surface area contributed by atoms with Crippen molar-refractivity contribution in [3.63, 3.8) is 0 Å². The molecular weight excluding hydrogens is 474 g/mol. The van der Waals surface area contributed by atoms with Crippen molar-refractivity contribution in [3.8, 4) is 34.3 Å².